The van der Waals surface area contributed by atoms with E-state index in [1.54, 1.807) is 30.3 Å². The molecule has 1 aromatic rings. The molecule has 27 heavy (non-hydrogen) atoms. The number of ether oxygens (including phenoxy) is 4. The Labute approximate surface area is 155 Å². The Bertz CT molecular complexity index is 584. The molecule has 0 unspecified atom stereocenters. The smallest absolute Gasteiger partial charge is 0.228 e. The van der Waals surface area contributed by atoms with Gasteiger partial charge in [-0.05, 0) is 12.1 Å². The maximum absolute atomic E-state index is 10.3. The van der Waals surface area contributed by atoms with Crippen LogP contribution in [0, 0.1) is 0 Å². The van der Waals surface area contributed by atoms with Gasteiger partial charge in [0.25, 0.3) is 0 Å². The second-order valence-electron chi connectivity index (χ2n) is 6.49. The molecule has 3 rings (SSSR count). The molecule has 6 N–H and O–H groups in total. The van der Waals surface area contributed by atoms with Gasteiger partial charge >= 0.3 is 0 Å². The van der Waals surface area contributed by atoms with Crippen molar-refractivity contribution in [2.75, 3.05) is 13.2 Å². The first-order chi connectivity index (χ1) is 12.9. The van der Waals surface area contributed by atoms with Crippen LogP contribution in [0.2, 0.25) is 0 Å². The number of hydrogen-bond acceptors (Lipinski definition) is 10. The van der Waals surface area contributed by atoms with E-state index in [9.17, 15) is 30.6 Å². The molecule has 0 aliphatic carbocycles. The zero-order chi connectivity index (χ0) is 19.6. The highest BCUT2D eigenvalue weighted by Crippen LogP contribution is 2.27. The number of para-hydroxylation sites is 1. The topological polar surface area (TPSA) is 158 Å². The van der Waals surface area contributed by atoms with Crippen LogP contribution in [-0.4, -0.2) is 99.2 Å². The highest BCUT2D eigenvalue weighted by atomic mass is 16.7. The fourth-order valence-corrected chi connectivity index (χ4v) is 2.98. The lowest BCUT2D eigenvalue weighted by molar-refractivity contribution is -0.338. The minimum absolute atomic E-state index is 0.190. The summed E-state index contributed by atoms with van der Waals surface area (Å²) in [4.78, 5) is 0. The van der Waals surface area contributed by atoms with Crippen molar-refractivity contribution in [3.05, 3.63) is 30.3 Å². The molecular formula is C17H24O10. The zero-order valence-corrected chi connectivity index (χ0v) is 14.3. The lowest BCUT2D eigenvalue weighted by atomic mass is 9.99. The van der Waals surface area contributed by atoms with Gasteiger partial charge in [0.2, 0.25) is 6.29 Å². The Morgan fingerprint density at radius 1 is 0.852 bits per heavy atom. The first-order valence-electron chi connectivity index (χ1n) is 8.57. The van der Waals surface area contributed by atoms with Crippen molar-refractivity contribution >= 4 is 0 Å². The fraction of sp³-hybridized carbons (Fsp3) is 0.647. The first kappa shape index (κ1) is 20.4. The highest BCUT2D eigenvalue weighted by Gasteiger charge is 2.48. The molecular weight excluding hydrogens is 364 g/mol. The standard InChI is InChI=1S/C17H24O10/c18-6-9-11(19)13(21)15(23)17(26-9)27-10-7-24-16(14(22)12(10)20)25-8-4-2-1-3-5-8/h1-5,9-23H,6-7H2/t9-,10-,11+,12+,13+,14-,15-,16+,17+/m1/s1. The van der Waals surface area contributed by atoms with Gasteiger partial charge in [-0.1, -0.05) is 18.2 Å². The molecule has 10 heteroatoms. The summed E-state index contributed by atoms with van der Waals surface area (Å²) < 4.78 is 21.5. The van der Waals surface area contributed by atoms with Gasteiger partial charge in [-0.25, -0.2) is 0 Å². The van der Waals surface area contributed by atoms with Gasteiger partial charge in [0.05, 0.1) is 13.2 Å². The number of hydrogen-bond donors (Lipinski definition) is 6. The molecule has 2 aliphatic heterocycles. The summed E-state index contributed by atoms with van der Waals surface area (Å²) in [6.45, 7) is -0.797. The second kappa shape index (κ2) is 8.78. The summed E-state index contributed by atoms with van der Waals surface area (Å²) in [6, 6.07) is 8.61. The van der Waals surface area contributed by atoms with E-state index in [1.165, 1.54) is 0 Å². The van der Waals surface area contributed by atoms with Gasteiger partial charge in [-0.2, -0.15) is 0 Å². The lowest BCUT2D eigenvalue weighted by Gasteiger charge is -2.43. The molecule has 0 spiro atoms. The third-order valence-electron chi connectivity index (χ3n) is 4.59. The molecule has 2 heterocycles. The van der Waals surface area contributed by atoms with Crippen molar-refractivity contribution in [1.82, 2.24) is 0 Å². The molecule has 0 saturated carbocycles. The molecule has 9 atom stereocenters. The van der Waals surface area contributed by atoms with Crippen LogP contribution in [0.15, 0.2) is 30.3 Å². The number of aliphatic hydroxyl groups is 6. The van der Waals surface area contributed by atoms with Crippen molar-refractivity contribution < 1.29 is 49.6 Å². The maximum atomic E-state index is 10.3. The van der Waals surface area contributed by atoms with Crippen LogP contribution in [0.25, 0.3) is 0 Å². The molecule has 0 amide bonds. The summed E-state index contributed by atoms with van der Waals surface area (Å²) in [5, 5.41) is 59.3. The number of rotatable bonds is 5. The van der Waals surface area contributed by atoms with Crippen molar-refractivity contribution in [1.29, 1.82) is 0 Å². The van der Waals surface area contributed by atoms with E-state index in [2.05, 4.69) is 0 Å². The quantitative estimate of drug-likeness (QED) is 0.314. The molecule has 0 bridgehead atoms. The highest BCUT2D eigenvalue weighted by molar-refractivity contribution is 5.21. The van der Waals surface area contributed by atoms with Crippen molar-refractivity contribution in [3.8, 4) is 5.75 Å². The van der Waals surface area contributed by atoms with Gasteiger partial charge < -0.3 is 49.6 Å². The largest absolute Gasteiger partial charge is 0.462 e. The summed E-state index contributed by atoms with van der Waals surface area (Å²) >= 11 is 0. The molecule has 2 fully saturated rings. The van der Waals surface area contributed by atoms with E-state index in [-0.39, 0.29) is 6.61 Å². The Balaban J connectivity index is 1.60. The van der Waals surface area contributed by atoms with Crippen molar-refractivity contribution in [2.24, 2.45) is 0 Å². The SMILES string of the molecule is OC[C@H]1O[C@@H](O[C@@H]2CO[C@@H](Oc3ccccc3)[C@H](O)[C@H]2O)[C@H](O)[C@@H](O)[C@H]1O. The molecule has 2 aliphatic rings. The maximum Gasteiger partial charge on any atom is 0.228 e. The number of aliphatic hydroxyl groups excluding tert-OH is 6. The van der Waals surface area contributed by atoms with Crippen molar-refractivity contribution in [3.63, 3.8) is 0 Å². The average molecular weight is 388 g/mol. The number of benzene rings is 1. The molecule has 1 aromatic carbocycles. The summed E-state index contributed by atoms with van der Waals surface area (Å²) in [6.07, 6.45) is -12.4. The van der Waals surface area contributed by atoms with Crippen LogP contribution in [0.3, 0.4) is 0 Å². The van der Waals surface area contributed by atoms with E-state index in [0.717, 1.165) is 0 Å². The van der Waals surface area contributed by atoms with Crippen LogP contribution < -0.4 is 4.74 Å². The third-order valence-corrected chi connectivity index (χ3v) is 4.59. The molecule has 2 saturated heterocycles. The Hall–Kier alpha value is -1.34. The normalized spacial score (nSPS) is 42.7. The van der Waals surface area contributed by atoms with Gasteiger partial charge in [0.15, 0.2) is 6.29 Å². The van der Waals surface area contributed by atoms with E-state index in [0.29, 0.717) is 5.75 Å². The monoisotopic (exact) mass is 388 g/mol. The Kier molecular flexibility index (Phi) is 6.63. The van der Waals surface area contributed by atoms with E-state index >= 15 is 0 Å². The van der Waals surface area contributed by atoms with Crippen LogP contribution in [-0.2, 0) is 14.2 Å². The predicted molar refractivity (Wildman–Crippen MR) is 87.5 cm³/mol. The van der Waals surface area contributed by atoms with Crippen LogP contribution >= 0.6 is 0 Å². The minimum Gasteiger partial charge on any atom is -0.462 e. The van der Waals surface area contributed by atoms with Crippen LogP contribution in [0.5, 0.6) is 5.75 Å². The van der Waals surface area contributed by atoms with Crippen molar-refractivity contribution in [2.45, 2.75) is 55.3 Å². The zero-order valence-electron chi connectivity index (χ0n) is 14.3. The summed E-state index contributed by atoms with van der Waals surface area (Å²) in [5.74, 6) is 0.446. The predicted octanol–water partition coefficient (Wildman–Crippen LogP) is -2.67. The lowest BCUT2D eigenvalue weighted by Crippen LogP contribution is -2.62. The fourth-order valence-electron chi connectivity index (χ4n) is 2.98. The summed E-state index contributed by atoms with van der Waals surface area (Å²) in [5.41, 5.74) is 0. The second-order valence-corrected chi connectivity index (χ2v) is 6.49. The van der Waals surface area contributed by atoms with Gasteiger partial charge in [-0.15, -0.1) is 0 Å². The molecule has 10 nitrogen and oxygen atoms in total. The first-order valence-corrected chi connectivity index (χ1v) is 8.57. The Morgan fingerprint density at radius 2 is 1.52 bits per heavy atom. The van der Waals surface area contributed by atoms with Gasteiger partial charge in [-0.3, -0.25) is 0 Å². The van der Waals surface area contributed by atoms with Gasteiger partial charge in [0, 0.05) is 0 Å². The third kappa shape index (κ3) is 4.40. The Morgan fingerprint density at radius 3 is 2.19 bits per heavy atom. The summed E-state index contributed by atoms with van der Waals surface area (Å²) in [7, 11) is 0. The molecule has 152 valence electrons. The van der Waals surface area contributed by atoms with E-state index in [1.807, 2.05) is 0 Å². The van der Waals surface area contributed by atoms with Gasteiger partial charge in [0.1, 0.15) is 48.5 Å². The van der Waals surface area contributed by atoms with Crippen LogP contribution in [0.1, 0.15) is 0 Å². The van der Waals surface area contributed by atoms with E-state index in [4.69, 9.17) is 18.9 Å². The minimum atomic E-state index is -1.62. The molecule has 0 radical (unpaired) electrons. The van der Waals surface area contributed by atoms with Crippen LogP contribution in [0.4, 0.5) is 0 Å². The average Bonchev–Trinajstić information content (AvgIpc) is 2.68. The molecule has 0 aromatic heterocycles. The van der Waals surface area contributed by atoms with E-state index < -0.39 is 61.9 Å².